The highest BCUT2D eigenvalue weighted by Gasteiger charge is 2.24. The SMILES string of the molecule is CC(C)c1ccc(CCCC(C)c2ccc(C3CC3)nc2)nc1. The van der Waals surface area contributed by atoms with Gasteiger partial charge in [-0.05, 0) is 67.2 Å². The molecule has 0 spiro atoms. The first kappa shape index (κ1) is 16.2. The van der Waals surface area contributed by atoms with E-state index in [-0.39, 0.29) is 0 Å². The fourth-order valence-electron chi connectivity index (χ4n) is 3.01. The first-order valence-electron chi connectivity index (χ1n) is 9.04. The summed E-state index contributed by atoms with van der Waals surface area (Å²) < 4.78 is 0. The Morgan fingerprint density at radius 1 is 0.957 bits per heavy atom. The maximum absolute atomic E-state index is 4.64. The number of nitrogens with zero attached hydrogens (tertiary/aromatic N) is 2. The van der Waals surface area contributed by atoms with Crippen molar-refractivity contribution in [3.8, 4) is 0 Å². The van der Waals surface area contributed by atoms with E-state index in [4.69, 9.17) is 0 Å². The number of hydrogen-bond acceptors (Lipinski definition) is 2. The fourth-order valence-corrected chi connectivity index (χ4v) is 3.01. The van der Waals surface area contributed by atoms with Crippen LogP contribution in [0.4, 0.5) is 0 Å². The van der Waals surface area contributed by atoms with Crippen LogP contribution in [-0.4, -0.2) is 9.97 Å². The van der Waals surface area contributed by atoms with Crippen LogP contribution in [-0.2, 0) is 6.42 Å². The van der Waals surface area contributed by atoms with Crippen molar-refractivity contribution in [1.82, 2.24) is 9.97 Å². The van der Waals surface area contributed by atoms with Crippen LogP contribution in [0.2, 0.25) is 0 Å². The zero-order valence-corrected chi connectivity index (χ0v) is 14.6. The van der Waals surface area contributed by atoms with E-state index in [9.17, 15) is 0 Å². The molecule has 2 nitrogen and oxygen atoms in total. The summed E-state index contributed by atoms with van der Waals surface area (Å²) >= 11 is 0. The lowest BCUT2D eigenvalue weighted by molar-refractivity contribution is 0.626. The van der Waals surface area contributed by atoms with E-state index < -0.39 is 0 Å². The van der Waals surface area contributed by atoms with Crippen LogP contribution in [0.3, 0.4) is 0 Å². The predicted octanol–water partition coefficient (Wildman–Crippen LogP) is 5.60. The van der Waals surface area contributed by atoms with Crippen LogP contribution < -0.4 is 0 Å². The smallest absolute Gasteiger partial charge is 0.0434 e. The van der Waals surface area contributed by atoms with Gasteiger partial charge in [0.2, 0.25) is 0 Å². The van der Waals surface area contributed by atoms with Gasteiger partial charge in [0.05, 0.1) is 0 Å². The first-order chi connectivity index (χ1) is 11.1. The Kier molecular flexibility index (Phi) is 5.09. The van der Waals surface area contributed by atoms with Crippen molar-refractivity contribution in [3.05, 3.63) is 59.2 Å². The van der Waals surface area contributed by atoms with Gasteiger partial charge in [0, 0.05) is 29.7 Å². The molecule has 1 saturated carbocycles. The molecule has 3 rings (SSSR count). The molecule has 0 saturated heterocycles. The molecule has 2 heterocycles. The number of rotatable bonds is 7. The summed E-state index contributed by atoms with van der Waals surface area (Å²) in [6.07, 6.45) is 10.2. The van der Waals surface area contributed by atoms with Gasteiger partial charge < -0.3 is 0 Å². The van der Waals surface area contributed by atoms with Crippen LogP contribution in [0.15, 0.2) is 36.7 Å². The van der Waals surface area contributed by atoms with Gasteiger partial charge >= 0.3 is 0 Å². The summed E-state index contributed by atoms with van der Waals surface area (Å²) in [5.41, 5.74) is 5.20. The van der Waals surface area contributed by atoms with Crippen molar-refractivity contribution in [3.63, 3.8) is 0 Å². The Morgan fingerprint density at radius 2 is 1.70 bits per heavy atom. The van der Waals surface area contributed by atoms with E-state index in [0.717, 1.165) is 12.3 Å². The number of aromatic nitrogens is 2. The lowest BCUT2D eigenvalue weighted by Crippen LogP contribution is -1.99. The molecule has 0 bridgehead atoms. The van der Waals surface area contributed by atoms with Crippen LogP contribution in [0.5, 0.6) is 0 Å². The normalized spacial score (nSPS) is 15.8. The van der Waals surface area contributed by atoms with Crippen LogP contribution >= 0.6 is 0 Å². The number of hydrogen-bond donors (Lipinski definition) is 0. The second-order valence-corrected chi connectivity index (χ2v) is 7.32. The molecule has 0 aromatic carbocycles. The Morgan fingerprint density at radius 3 is 2.26 bits per heavy atom. The summed E-state index contributed by atoms with van der Waals surface area (Å²) in [6, 6.07) is 8.92. The summed E-state index contributed by atoms with van der Waals surface area (Å²) in [7, 11) is 0. The topological polar surface area (TPSA) is 25.8 Å². The molecule has 0 N–H and O–H groups in total. The molecule has 1 fully saturated rings. The third-order valence-corrected chi connectivity index (χ3v) is 4.96. The van der Waals surface area contributed by atoms with Crippen LogP contribution in [0.1, 0.15) is 86.7 Å². The van der Waals surface area contributed by atoms with Crippen molar-refractivity contribution >= 4 is 0 Å². The molecule has 1 aliphatic carbocycles. The molecule has 0 amide bonds. The lowest BCUT2D eigenvalue weighted by Gasteiger charge is -2.12. The highest BCUT2D eigenvalue weighted by Crippen LogP contribution is 2.39. The molecule has 0 radical (unpaired) electrons. The van der Waals surface area contributed by atoms with E-state index in [1.807, 2.05) is 6.20 Å². The van der Waals surface area contributed by atoms with Gasteiger partial charge in [0.25, 0.3) is 0 Å². The monoisotopic (exact) mass is 308 g/mol. The van der Waals surface area contributed by atoms with Gasteiger partial charge in [0.1, 0.15) is 0 Å². The van der Waals surface area contributed by atoms with Crippen molar-refractivity contribution in [2.75, 3.05) is 0 Å². The van der Waals surface area contributed by atoms with Gasteiger partial charge in [-0.2, -0.15) is 0 Å². The van der Waals surface area contributed by atoms with Gasteiger partial charge in [-0.25, -0.2) is 0 Å². The molecule has 2 aromatic rings. The predicted molar refractivity (Wildman–Crippen MR) is 95.9 cm³/mol. The minimum absolute atomic E-state index is 0.558. The van der Waals surface area contributed by atoms with Crippen molar-refractivity contribution < 1.29 is 0 Å². The number of aryl methyl sites for hydroxylation is 1. The Hall–Kier alpha value is -1.70. The second kappa shape index (κ2) is 7.25. The van der Waals surface area contributed by atoms with Crippen molar-refractivity contribution in [2.45, 2.75) is 70.6 Å². The lowest BCUT2D eigenvalue weighted by atomic mass is 9.95. The second-order valence-electron chi connectivity index (χ2n) is 7.32. The maximum Gasteiger partial charge on any atom is 0.0434 e. The molecular formula is C21H28N2. The third-order valence-electron chi connectivity index (χ3n) is 4.96. The third kappa shape index (κ3) is 4.40. The summed E-state index contributed by atoms with van der Waals surface area (Å²) in [5, 5.41) is 0. The van der Waals surface area contributed by atoms with E-state index >= 15 is 0 Å². The molecule has 122 valence electrons. The summed E-state index contributed by atoms with van der Waals surface area (Å²) in [5.74, 6) is 1.88. The Labute approximate surface area is 140 Å². The van der Waals surface area contributed by atoms with Crippen molar-refractivity contribution in [2.24, 2.45) is 0 Å². The molecule has 1 aliphatic rings. The first-order valence-corrected chi connectivity index (χ1v) is 9.04. The summed E-state index contributed by atoms with van der Waals surface area (Å²) in [4.78, 5) is 9.24. The van der Waals surface area contributed by atoms with E-state index in [1.165, 1.54) is 48.2 Å². The Bertz CT molecular complexity index is 609. The average Bonchev–Trinajstić information content (AvgIpc) is 3.40. The molecule has 23 heavy (non-hydrogen) atoms. The quantitative estimate of drug-likeness (QED) is 0.665. The summed E-state index contributed by atoms with van der Waals surface area (Å²) in [6.45, 7) is 6.73. The minimum atomic E-state index is 0.558. The van der Waals surface area contributed by atoms with Gasteiger partial charge in [0.15, 0.2) is 0 Å². The molecule has 0 aliphatic heterocycles. The zero-order chi connectivity index (χ0) is 16.2. The molecule has 2 heteroatoms. The zero-order valence-electron chi connectivity index (χ0n) is 14.6. The van der Waals surface area contributed by atoms with E-state index in [0.29, 0.717) is 11.8 Å². The van der Waals surface area contributed by atoms with Crippen LogP contribution in [0, 0.1) is 0 Å². The molecule has 2 aromatic heterocycles. The van der Waals surface area contributed by atoms with Gasteiger partial charge in [-0.3, -0.25) is 9.97 Å². The largest absolute Gasteiger partial charge is 0.261 e. The maximum atomic E-state index is 4.64. The average molecular weight is 308 g/mol. The highest BCUT2D eigenvalue weighted by molar-refractivity contribution is 5.22. The van der Waals surface area contributed by atoms with Crippen molar-refractivity contribution in [1.29, 1.82) is 0 Å². The van der Waals surface area contributed by atoms with Gasteiger partial charge in [-0.1, -0.05) is 32.9 Å². The van der Waals surface area contributed by atoms with E-state index in [1.54, 1.807) is 0 Å². The van der Waals surface area contributed by atoms with E-state index in [2.05, 4.69) is 61.2 Å². The van der Waals surface area contributed by atoms with Crippen LogP contribution in [0.25, 0.3) is 0 Å². The standard InChI is InChI=1S/C21H28N2/c1-15(2)18-9-11-20(22-13-18)6-4-5-16(3)19-10-12-21(23-14-19)17-7-8-17/h9-17H,4-8H2,1-3H3. The minimum Gasteiger partial charge on any atom is -0.261 e. The Balaban J connectivity index is 1.47. The highest BCUT2D eigenvalue weighted by atomic mass is 14.7. The molecular weight excluding hydrogens is 280 g/mol. The number of pyridine rings is 2. The van der Waals surface area contributed by atoms with Gasteiger partial charge in [-0.15, -0.1) is 0 Å². The fraction of sp³-hybridized carbons (Fsp3) is 0.524. The molecule has 1 atom stereocenters. The molecule has 1 unspecified atom stereocenters.